The SMILES string of the molecule is O=C(Nc1cccnc1)c1cccc(-c2ccc3c(c2)OC[C@@H](N2CCCC2)[C@@H]3O)c1. The van der Waals surface area contributed by atoms with Gasteiger partial charge in [0.1, 0.15) is 18.5 Å². The lowest BCUT2D eigenvalue weighted by Crippen LogP contribution is -2.44. The number of aromatic nitrogens is 1. The molecule has 3 aromatic rings. The second-order valence-corrected chi connectivity index (χ2v) is 8.10. The van der Waals surface area contributed by atoms with E-state index in [-0.39, 0.29) is 11.9 Å². The molecule has 1 amide bonds. The fourth-order valence-electron chi connectivity index (χ4n) is 4.42. The molecule has 6 nitrogen and oxygen atoms in total. The number of hydrogen-bond acceptors (Lipinski definition) is 5. The molecule has 2 aliphatic heterocycles. The number of aliphatic hydroxyl groups excluding tert-OH is 1. The van der Waals surface area contributed by atoms with Gasteiger partial charge in [0, 0.05) is 17.3 Å². The van der Waals surface area contributed by atoms with Crippen molar-refractivity contribution >= 4 is 11.6 Å². The van der Waals surface area contributed by atoms with E-state index in [0.717, 1.165) is 29.8 Å². The van der Waals surface area contributed by atoms with Crippen LogP contribution in [0.5, 0.6) is 5.75 Å². The van der Waals surface area contributed by atoms with Crippen molar-refractivity contribution in [3.05, 3.63) is 78.1 Å². The molecule has 1 fully saturated rings. The maximum atomic E-state index is 12.6. The standard InChI is InChI=1S/C25H25N3O3/c29-24-21-9-8-18(14-23(21)31-16-22(24)28-11-1-2-12-28)17-5-3-6-19(13-17)25(30)27-20-7-4-10-26-15-20/h3-10,13-15,22,24,29H,1-2,11-12,16H2,(H,27,30)/t22-,24-/m1/s1. The van der Waals surface area contributed by atoms with Crippen molar-refractivity contribution in [2.75, 3.05) is 25.0 Å². The Balaban J connectivity index is 1.37. The maximum Gasteiger partial charge on any atom is 0.255 e. The van der Waals surface area contributed by atoms with Crippen LogP contribution < -0.4 is 10.1 Å². The topological polar surface area (TPSA) is 74.7 Å². The van der Waals surface area contributed by atoms with E-state index in [1.165, 1.54) is 12.8 Å². The van der Waals surface area contributed by atoms with Crippen molar-refractivity contribution in [1.29, 1.82) is 0 Å². The molecule has 2 aliphatic rings. The van der Waals surface area contributed by atoms with Crippen LogP contribution in [-0.2, 0) is 0 Å². The number of amides is 1. The molecule has 6 heteroatoms. The number of likely N-dealkylation sites (tertiary alicyclic amines) is 1. The van der Waals surface area contributed by atoms with Crippen LogP contribution in [0.2, 0.25) is 0 Å². The van der Waals surface area contributed by atoms with Crippen LogP contribution in [0.25, 0.3) is 11.1 Å². The molecule has 0 saturated carbocycles. The predicted octanol–water partition coefficient (Wildman–Crippen LogP) is 3.89. The summed E-state index contributed by atoms with van der Waals surface area (Å²) in [5.74, 6) is 0.526. The molecule has 158 valence electrons. The monoisotopic (exact) mass is 415 g/mol. The van der Waals surface area contributed by atoms with E-state index >= 15 is 0 Å². The third-order valence-electron chi connectivity index (χ3n) is 6.09. The highest BCUT2D eigenvalue weighted by atomic mass is 16.5. The van der Waals surface area contributed by atoms with Gasteiger partial charge in [0.15, 0.2) is 0 Å². The van der Waals surface area contributed by atoms with Crippen LogP contribution in [0.4, 0.5) is 5.69 Å². The summed E-state index contributed by atoms with van der Waals surface area (Å²) in [5.41, 5.74) is 3.91. The Kier molecular flexibility index (Phi) is 5.40. The molecule has 0 spiro atoms. The fraction of sp³-hybridized carbons (Fsp3) is 0.280. The van der Waals surface area contributed by atoms with E-state index in [1.807, 2.05) is 36.4 Å². The van der Waals surface area contributed by atoms with Crippen LogP contribution in [0.3, 0.4) is 0 Å². The van der Waals surface area contributed by atoms with E-state index in [0.29, 0.717) is 23.6 Å². The number of fused-ring (bicyclic) bond motifs is 1. The lowest BCUT2D eigenvalue weighted by molar-refractivity contribution is 0.0140. The molecular formula is C25H25N3O3. The Labute approximate surface area is 181 Å². The minimum Gasteiger partial charge on any atom is -0.491 e. The summed E-state index contributed by atoms with van der Waals surface area (Å²) >= 11 is 0. The summed E-state index contributed by atoms with van der Waals surface area (Å²) in [6, 6.07) is 17.0. The second kappa shape index (κ2) is 8.49. The van der Waals surface area contributed by atoms with Gasteiger partial charge in [-0.15, -0.1) is 0 Å². The summed E-state index contributed by atoms with van der Waals surface area (Å²) in [7, 11) is 0. The lowest BCUT2D eigenvalue weighted by Gasteiger charge is -2.36. The van der Waals surface area contributed by atoms with Crippen LogP contribution in [0, 0.1) is 0 Å². The minimum absolute atomic E-state index is 0.0142. The Morgan fingerprint density at radius 2 is 1.90 bits per heavy atom. The first-order valence-corrected chi connectivity index (χ1v) is 10.7. The van der Waals surface area contributed by atoms with E-state index < -0.39 is 6.10 Å². The molecule has 2 atom stereocenters. The van der Waals surface area contributed by atoms with Crippen LogP contribution in [0.1, 0.15) is 34.9 Å². The molecule has 2 aromatic carbocycles. The Morgan fingerprint density at radius 1 is 1.06 bits per heavy atom. The predicted molar refractivity (Wildman–Crippen MR) is 119 cm³/mol. The van der Waals surface area contributed by atoms with Crippen molar-refractivity contribution in [2.24, 2.45) is 0 Å². The zero-order chi connectivity index (χ0) is 21.2. The van der Waals surface area contributed by atoms with Crippen molar-refractivity contribution in [1.82, 2.24) is 9.88 Å². The number of pyridine rings is 1. The molecule has 0 bridgehead atoms. The Bertz CT molecular complexity index is 1080. The normalized spacial score (nSPS) is 20.7. The quantitative estimate of drug-likeness (QED) is 0.676. The van der Waals surface area contributed by atoms with Crippen molar-refractivity contribution in [2.45, 2.75) is 25.0 Å². The number of rotatable bonds is 4. The third-order valence-corrected chi connectivity index (χ3v) is 6.09. The number of hydrogen-bond donors (Lipinski definition) is 2. The number of nitrogens with zero attached hydrogens (tertiary/aromatic N) is 2. The number of carbonyl (C=O) groups is 1. The fourth-order valence-corrected chi connectivity index (χ4v) is 4.42. The van der Waals surface area contributed by atoms with Gasteiger partial charge in [-0.05, 0) is 67.4 Å². The summed E-state index contributed by atoms with van der Waals surface area (Å²) in [6.07, 6.45) is 5.09. The molecule has 2 N–H and O–H groups in total. The number of nitrogens with one attached hydrogen (secondary N) is 1. The van der Waals surface area contributed by atoms with Gasteiger partial charge in [-0.2, -0.15) is 0 Å². The van der Waals surface area contributed by atoms with Gasteiger partial charge in [0.05, 0.1) is 17.9 Å². The highest BCUT2D eigenvalue weighted by Gasteiger charge is 2.35. The first kappa shape index (κ1) is 19.7. The van der Waals surface area contributed by atoms with Gasteiger partial charge in [-0.1, -0.05) is 24.3 Å². The molecule has 0 unspecified atom stereocenters. The summed E-state index contributed by atoms with van der Waals surface area (Å²) in [4.78, 5) is 19.0. The van der Waals surface area contributed by atoms with Crippen molar-refractivity contribution in [3.63, 3.8) is 0 Å². The second-order valence-electron chi connectivity index (χ2n) is 8.10. The highest BCUT2D eigenvalue weighted by molar-refractivity contribution is 6.04. The molecule has 0 radical (unpaired) electrons. The van der Waals surface area contributed by atoms with Crippen molar-refractivity contribution < 1.29 is 14.6 Å². The van der Waals surface area contributed by atoms with Gasteiger partial charge in [0.2, 0.25) is 0 Å². The van der Waals surface area contributed by atoms with Crippen LogP contribution in [0.15, 0.2) is 67.0 Å². The number of ether oxygens (including phenoxy) is 1. The smallest absolute Gasteiger partial charge is 0.255 e. The maximum absolute atomic E-state index is 12.6. The average Bonchev–Trinajstić information content (AvgIpc) is 3.34. The van der Waals surface area contributed by atoms with Crippen molar-refractivity contribution in [3.8, 4) is 16.9 Å². The van der Waals surface area contributed by atoms with Crippen LogP contribution in [-0.4, -0.2) is 46.6 Å². The van der Waals surface area contributed by atoms with Gasteiger partial charge in [-0.25, -0.2) is 0 Å². The Morgan fingerprint density at radius 3 is 2.71 bits per heavy atom. The number of anilines is 1. The molecule has 3 heterocycles. The average molecular weight is 415 g/mol. The first-order valence-electron chi connectivity index (χ1n) is 10.7. The van der Waals surface area contributed by atoms with Gasteiger partial charge in [-0.3, -0.25) is 14.7 Å². The first-order chi connectivity index (χ1) is 15.2. The highest BCUT2D eigenvalue weighted by Crippen LogP contribution is 2.38. The van der Waals surface area contributed by atoms with Gasteiger partial charge < -0.3 is 15.2 Å². The molecule has 1 saturated heterocycles. The minimum atomic E-state index is -0.549. The van der Waals surface area contributed by atoms with Gasteiger partial charge >= 0.3 is 0 Å². The van der Waals surface area contributed by atoms with E-state index in [2.05, 4.69) is 15.2 Å². The van der Waals surface area contributed by atoms with E-state index in [9.17, 15) is 9.90 Å². The summed E-state index contributed by atoms with van der Waals surface area (Å²) < 4.78 is 6.05. The lowest BCUT2D eigenvalue weighted by atomic mass is 9.94. The van der Waals surface area contributed by atoms with Crippen LogP contribution >= 0.6 is 0 Å². The molecule has 5 rings (SSSR count). The third kappa shape index (κ3) is 4.04. The number of benzene rings is 2. The van der Waals surface area contributed by atoms with E-state index in [1.54, 1.807) is 30.6 Å². The molecule has 1 aromatic heterocycles. The van der Waals surface area contributed by atoms with Gasteiger partial charge in [0.25, 0.3) is 5.91 Å². The zero-order valence-corrected chi connectivity index (χ0v) is 17.2. The largest absolute Gasteiger partial charge is 0.491 e. The summed E-state index contributed by atoms with van der Waals surface area (Å²) in [5, 5.41) is 13.8. The molecule has 31 heavy (non-hydrogen) atoms. The Hall–Kier alpha value is -3.22. The zero-order valence-electron chi connectivity index (χ0n) is 17.2. The number of carbonyl (C=O) groups excluding carboxylic acids is 1. The molecule has 0 aliphatic carbocycles. The number of aliphatic hydroxyl groups is 1. The van der Waals surface area contributed by atoms with E-state index in [4.69, 9.17) is 4.74 Å². The molecular weight excluding hydrogens is 390 g/mol. The summed E-state index contributed by atoms with van der Waals surface area (Å²) in [6.45, 7) is 2.53.